The first-order valence-corrected chi connectivity index (χ1v) is 4.78. The second-order valence-electron chi connectivity index (χ2n) is 2.00. The molecule has 2 nitrogen and oxygen atoms in total. The number of halogens is 2. The smallest absolute Gasteiger partial charge is 0.302 e. The van der Waals surface area contributed by atoms with Gasteiger partial charge in [0.15, 0.2) is 0 Å². The van der Waals surface area contributed by atoms with Crippen molar-refractivity contribution in [3.05, 3.63) is 0 Å². The molecule has 0 rings (SSSR count). The summed E-state index contributed by atoms with van der Waals surface area (Å²) < 4.78 is 4.75. The number of alkyl halides is 2. The van der Waals surface area contributed by atoms with Gasteiger partial charge in [-0.25, -0.2) is 0 Å². The molecule has 0 saturated carbocycles. The molecular formula is C6H10Br2O2. The summed E-state index contributed by atoms with van der Waals surface area (Å²) in [5, 5.41) is 0. The molecule has 0 spiro atoms. The number of esters is 1. The molecule has 0 fully saturated rings. The Morgan fingerprint density at radius 3 is 2.40 bits per heavy atom. The molecule has 0 saturated heterocycles. The standard InChI is InChI=1S/C6H10Br2O2/c1-4(7)6(8)3-10-5(2)9/h4,6H,3H2,1-2H3. The molecule has 0 aromatic rings. The zero-order chi connectivity index (χ0) is 8.15. The van der Waals surface area contributed by atoms with Gasteiger partial charge in [-0.05, 0) is 0 Å². The maximum Gasteiger partial charge on any atom is 0.302 e. The Labute approximate surface area is 77.6 Å². The molecular weight excluding hydrogens is 264 g/mol. The highest BCUT2D eigenvalue weighted by atomic mass is 79.9. The third-order valence-corrected chi connectivity index (χ3v) is 3.35. The van der Waals surface area contributed by atoms with Gasteiger partial charge in [0, 0.05) is 11.8 Å². The van der Waals surface area contributed by atoms with Crippen LogP contribution in [0, 0.1) is 0 Å². The Kier molecular flexibility index (Phi) is 5.35. The Balaban J connectivity index is 3.39. The van der Waals surface area contributed by atoms with Gasteiger partial charge in [0.25, 0.3) is 0 Å². The van der Waals surface area contributed by atoms with E-state index in [1.165, 1.54) is 6.92 Å². The average Bonchev–Trinajstić information content (AvgIpc) is 1.82. The van der Waals surface area contributed by atoms with Crippen molar-refractivity contribution in [3.63, 3.8) is 0 Å². The summed E-state index contributed by atoms with van der Waals surface area (Å²) >= 11 is 6.70. The minimum absolute atomic E-state index is 0.191. The van der Waals surface area contributed by atoms with E-state index >= 15 is 0 Å². The lowest BCUT2D eigenvalue weighted by Crippen LogP contribution is -2.18. The summed E-state index contributed by atoms with van der Waals surface area (Å²) in [6, 6.07) is 0. The van der Waals surface area contributed by atoms with Crippen LogP contribution in [0.25, 0.3) is 0 Å². The first kappa shape index (κ1) is 10.4. The summed E-state index contributed by atoms with van der Waals surface area (Å²) in [5.41, 5.74) is 0. The van der Waals surface area contributed by atoms with E-state index in [2.05, 4.69) is 31.9 Å². The van der Waals surface area contributed by atoms with Crippen molar-refractivity contribution < 1.29 is 9.53 Å². The Hall–Kier alpha value is 0.430. The topological polar surface area (TPSA) is 26.3 Å². The number of carbonyl (C=O) groups excluding carboxylic acids is 1. The predicted octanol–water partition coefficient (Wildman–Crippen LogP) is 2.10. The number of hydrogen-bond donors (Lipinski definition) is 0. The number of rotatable bonds is 3. The SMILES string of the molecule is CC(=O)OCC(Br)C(C)Br. The third-order valence-electron chi connectivity index (χ3n) is 0.944. The quantitative estimate of drug-likeness (QED) is 0.582. The molecule has 10 heavy (non-hydrogen) atoms. The minimum atomic E-state index is -0.238. The second kappa shape index (κ2) is 5.13. The molecule has 0 aliphatic carbocycles. The molecule has 0 amide bonds. The fourth-order valence-corrected chi connectivity index (χ4v) is 0.614. The molecule has 4 heteroatoms. The first-order chi connectivity index (χ1) is 4.54. The highest BCUT2D eigenvalue weighted by Crippen LogP contribution is 2.13. The van der Waals surface area contributed by atoms with Crippen molar-refractivity contribution in [2.75, 3.05) is 6.61 Å². The van der Waals surface area contributed by atoms with Gasteiger partial charge in [-0.1, -0.05) is 38.8 Å². The summed E-state index contributed by atoms with van der Waals surface area (Å²) in [7, 11) is 0. The predicted molar refractivity (Wildman–Crippen MR) is 47.7 cm³/mol. The van der Waals surface area contributed by atoms with Crippen molar-refractivity contribution in [1.82, 2.24) is 0 Å². The van der Waals surface area contributed by atoms with Crippen LogP contribution >= 0.6 is 31.9 Å². The third kappa shape index (κ3) is 5.23. The van der Waals surface area contributed by atoms with Crippen LogP contribution in [-0.4, -0.2) is 22.2 Å². The lowest BCUT2D eigenvalue weighted by molar-refractivity contribution is -0.140. The van der Waals surface area contributed by atoms with E-state index in [1.54, 1.807) is 0 Å². The van der Waals surface area contributed by atoms with Crippen LogP contribution in [0.2, 0.25) is 0 Å². The molecule has 0 aromatic heterocycles. The van der Waals surface area contributed by atoms with Crippen LogP contribution in [0.15, 0.2) is 0 Å². The largest absolute Gasteiger partial charge is 0.465 e. The maximum atomic E-state index is 10.3. The maximum absolute atomic E-state index is 10.3. The van der Waals surface area contributed by atoms with Gasteiger partial charge >= 0.3 is 5.97 Å². The van der Waals surface area contributed by atoms with Crippen molar-refractivity contribution in [1.29, 1.82) is 0 Å². The van der Waals surface area contributed by atoms with Crippen molar-refractivity contribution in [3.8, 4) is 0 Å². The van der Waals surface area contributed by atoms with Gasteiger partial charge in [-0.2, -0.15) is 0 Å². The van der Waals surface area contributed by atoms with Crippen LogP contribution in [0.3, 0.4) is 0 Å². The number of ether oxygens (including phenoxy) is 1. The lowest BCUT2D eigenvalue weighted by Gasteiger charge is -2.10. The molecule has 0 aliphatic heterocycles. The number of carbonyl (C=O) groups is 1. The second-order valence-corrected chi connectivity index (χ2v) is 4.62. The minimum Gasteiger partial charge on any atom is -0.465 e. The molecule has 0 bridgehead atoms. The van der Waals surface area contributed by atoms with Crippen LogP contribution < -0.4 is 0 Å². The van der Waals surface area contributed by atoms with E-state index in [-0.39, 0.29) is 10.8 Å². The molecule has 0 radical (unpaired) electrons. The molecule has 0 N–H and O–H groups in total. The van der Waals surface area contributed by atoms with Gasteiger partial charge in [-0.3, -0.25) is 4.79 Å². The fourth-order valence-electron chi connectivity index (χ4n) is 0.330. The molecule has 2 atom stereocenters. The van der Waals surface area contributed by atoms with Crippen molar-refractivity contribution in [2.24, 2.45) is 0 Å². The Morgan fingerprint density at radius 1 is 1.60 bits per heavy atom. The van der Waals surface area contributed by atoms with Gasteiger partial charge in [0.2, 0.25) is 0 Å². The van der Waals surface area contributed by atoms with Crippen molar-refractivity contribution >= 4 is 37.8 Å². The van der Waals surface area contributed by atoms with Gasteiger partial charge in [-0.15, -0.1) is 0 Å². The van der Waals surface area contributed by atoms with E-state index in [0.717, 1.165) is 0 Å². The van der Waals surface area contributed by atoms with E-state index in [1.807, 2.05) is 6.92 Å². The van der Waals surface area contributed by atoms with Crippen LogP contribution in [0.1, 0.15) is 13.8 Å². The summed E-state index contributed by atoms with van der Waals surface area (Å²) in [6.45, 7) is 3.81. The highest BCUT2D eigenvalue weighted by Gasteiger charge is 2.11. The summed E-state index contributed by atoms with van der Waals surface area (Å²) in [5.74, 6) is -0.238. The fraction of sp³-hybridized carbons (Fsp3) is 0.833. The first-order valence-electron chi connectivity index (χ1n) is 2.95. The monoisotopic (exact) mass is 272 g/mol. The van der Waals surface area contributed by atoms with E-state index in [4.69, 9.17) is 4.74 Å². The zero-order valence-electron chi connectivity index (χ0n) is 5.93. The van der Waals surface area contributed by atoms with Crippen LogP contribution in [-0.2, 0) is 9.53 Å². The Morgan fingerprint density at radius 2 is 2.10 bits per heavy atom. The zero-order valence-corrected chi connectivity index (χ0v) is 9.11. The Bertz CT molecular complexity index is 114. The van der Waals surface area contributed by atoms with E-state index < -0.39 is 0 Å². The van der Waals surface area contributed by atoms with Gasteiger partial charge in [0.1, 0.15) is 6.61 Å². The molecule has 0 aromatic carbocycles. The normalized spacial score (nSPS) is 16.0. The highest BCUT2D eigenvalue weighted by molar-refractivity contribution is 9.12. The average molecular weight is 274 g/mol. The summed E-state index contributed by atoms with van der Waals surface area (Å²) in [4.78, 5) is 10.8. The van der Waals surface area contributed by atoms with Gasteiger partial charge < -0.3 is 4.74 Å². The molecule has 0 aliphatic rings. The van der Waals surface area contributed by atoms with Crippen molar-refractivity contribution in [2.45, 2.75) is 23.5 Å². The summed E-state index contributed by atoms with van der Waals surface area (Å²) in [6.07, 6.45) is 0. The molecule has 60 valence electrons. The lowest BCUT2D eigenvalue weighted by atomic mass is 10.3. The van der Waals surface area contributed by atoms with Gasteiger partial charge in [0.05, 0.1) is 4.83 Å². The molecule has 0 heterocycles. The van der Waals surface area contributed by atoms with Crippen LogP contribution in [0.4, 0.5) is 0 Å². The van der Waals surface area contributed by atoms with E-state index in [0.29, 0.717) is 11.4 Å². The van der Waals surface area contributed by atoms with Crippen LogP contribution in [0.5, 0.6) is 0 Å². The molecule has 2 unspecified atom stereocenters. The van der Waals surface area contributed by atoms with E-state index in [9.17, 15) is 4.79 Å². The number of hydrogen-bond acceptors (Lipinski definition) is 2.